The second-order valence-electron chi connectivity index (χ2n) is 5.60. The molecular weight excluding hydrogens is 330 g/mol. The number of amides is 1. The standard InChI is InChI=1S/C15H18ClN5O.CH4O/c1-21-9-17-8-12(21)11-7-13(16)20-14(19-11)15(22)18-10-5-3-2-4-6-10;1-2/h7-10H,2-6H2,1H3,(H,18,22);2H,1H3. The van der Waals surface area contributed by atoms with Crippen molar-refractivity contribution in [3.63, 3.8) is 0 Å². The van der Waals surface area contributed by atoms with E-state index >= 15 is 0 Å². The van der Waals surface area contributed by atoms with Crippen LogP contribution in [0.4, 0.5) is 0 Å². The molecule has 1 amide bonds. The molecule has 1 fully saturated rings. The van der Waals surface area contributed by atoms with Gasteiger partial charge in [-0.2, -0.15) is 0 Å². The van der Waals surface area contributed by atoms with Crippen LogP contribution in [0.3, 0.4) is 0 Å². The summed E-state index contributed by atoms with van der Waals surface area (Å²) in [6.45, 7) is 0. The first-order valence-electron chi connectivity index (χ1n) is 7.90. The Morgan fingerprint density at radius 1 is 1.29 bits per heavy atom. The van der Waals surface area contributed by atoms with Crippen molar-refractivity contribution >= 4 is 17.5 Å². The molecule has 0 aliphatic heterocycles. The van der Waals surface area contributed by atoms with Crippen molar-refractivity contribution in [1.82, 2.24) is 24.8 Å². The van der Waals surface area contributed by atoms with Crippen LogP contribution < -0.4 is 5.32 Å². The molecule has 1 aliphatic rings. The van der Waals surface area contributed by atoms with Gasteiger partial charge in [-0.05, 0) is 12.8 Å². The molecule has 8 heteroatoms. The number of carbonyl (C=O) groups excluding carboxylic acids is 1. The highest BCUT2D eigenvalue weighted by Gasteiger charge is 2.19. The Bertz CT molecular complexity index is 683. The maximum atomic E-state index is 12.4. The minimum Gasteiger partial charge on any atom is -0.400 e. The summed E-state index contributed by atoms with van der Waals surface area (Å²) in [6.07, 6.45) is 8.93. The van der Waals surface area contributed by atoms with Crippen LogP contribution in [0.2, 0.25) is 5.15 Å². The summed E-state index contributed by atoms with van der Waals surface area (Å²) in [7, 11) is 2.86. The molecule has 2 aromatic heterocycles. The van der Waals surface area contributed by atoms with Gasteiger partial charge in [0.05, 0.1) is 23.9 Å². The van der Waals surface area contributed by atoms with Gasteiger partial charge in [0, 0.05) is 26.3 Å². The summed E-state index contributed by atoms with van der Waals surface area (Å²) in [5, 5.41) is 10.3. The number of hydrogen-bond donors (Lipinski definition) is 2. The van der Waals surface area contributed by atoms with Crippen molar-refractivity contribution < 1.29 is 9.90 Å². The van der Waals surface area contributed by atoms with Gasteiger partial charge < -0.3 is 15.0 Å². The first-order valence-corrected chi connectivity index (χ1v) is 8.28. The molecule has 24 heavy (non-hydrogen) atoms. The Hall–Kier alpha value is -1.99. The summed E-state index contributed by atoms with van der Waals surface area (Å²) >= 11 is 6.05. The van der Waals surface area contributed by atoms with Crippen LogP contribution >= 0.6 is 11.6 Å². The monoisotopic (exact) mass is 351 g/mol. The number of imidazole rings is 1. The number of aliphatic hydroxyl groups excluding tert-OH is 1. The van der Waals surface area contributed by atoms with Gasteiger partial charge in [-0.3, -0.25) is 4.79 Å². The topological polar surface area (TPSA) is 92.9 Å². The minimum atomic E-state index is -0.266. The molecule has 7 nitrogen and oxygen atoms in total. The molecular formula is C16H22ClN5O2. The fourth-order valence-corrected chi connectivity index (χ4v) is 2.93. The van der Waals surface area contributed by atoms with Gasteiger partial charge in [-0.1, -0.05) is 30.9 Å². The van der Waals surface area contributed by atoms with Crippen molar-refractivity contribution in [2.45, 2.75) is 38.1 Å². The van der Waals surface area contributed by atoms with Gasteiger partial charge in [-0.15, -0.1) is 0 Å². The van der Waals surface area contributed by atoms with Gasteiger partial charge in [0.1, 0.15) is 5.15 Å². The molecule has 0 atom stereocenters. The summed E-state index contributed by atoms with van der Waals surface area (Å²) in [5.74, 6) is -0.160. The number of carbonyl (C=O) groups is 1. The molecule has 0 radical (unpaired) electrons. The highest BCUT2D eigenvalue weighted by molar-refractivity contribution is 6.29. The molecule has 0 saturated heterocycles. The zero-order valence-electron chi connectivity index (χ0n) is 13.9. The van der Waals surface area contributed by atoms with Crippen LogP contribution in [0.15, 0.2) is 18.6 Å². The lowest BCUT2D eigenvalue weighted by atomic mass is 9.95. The molecule has 2 aromatic rings. The zero-order valence-corrected chi connectivity index (χ0v) is 14.6. The summed E-state index contributed by atoms with van der Waals surface area (Å²) in [4.78, 5) is 24.8. The van der Waals surface area contributed by atoms with E-state index in [2.05, 4.69) is 20.3 Å². The lowest BCUT2D eigenvalue weighted by Crippen LogP contribution is -2.37. The van der Waals surface area contributed by atoms with Gasteiger partial charge in [0.25, 0.3) is 5.91 Å². The lowest BCUT2D eigenvalue weighted by Gasteiger charge is -2.22. The van der Waals surface area contributed by atoms with Crippen LogP contribution in [-0.2, 0) is 7.05 Å². The molecule has 1 saturated carbocycles. The molecule has 0 spiro atoms. The Balaban J connectivity index is 0.00000100. The lowest BCUT2D eigenvalue weighted by molar-refractivity contribution is 0.0917. The first-order chi connectivity index (χ1) is 11.6. The summed E-state index contributed by atoms with van der Waals surface area (Å²) < 4.78 is 1.82. The van der Waals surface area contributed by atoms with E-state index in [-0.39, 0.29) is 22.9 Å². The second-order valence-corrected chi connectivity index (χ2v) is 5.98. The molecule has 130 valence electrons. The zero-order chi connectivity index (χ0) is 17.5. The highest BCUT2D eigenvalue weighted by atomic mass is 35.5. The fraction of sp³-hybridized carbons (Fsp3) is 0.500. The molecule has 2 N–H and O–H groups in total. The van der Waals surface area contributed by atoms with Crippen molar-refractivity contribution in [3.8, 4) is 11.4 Å². The van der Waals surface area contributed by atoms with Gasteiger partial charge >= 0.3 is 0 Å². The Morgan fingerprint density at radius 3 is 2.62 bits per heavy atom. The van der Waals surface area contributed by atoms with E-state index in [1.807, 2.05) is 11.6 Å². The van der Waals surface area contributed by atoms with Gasteiger partial charge in [-0.25, -0.2) is 15.0 Å². The first kappa shape index (κ1) is 18.4. The summed E-state index contributed by atoms with van der Waals surface area (Å²) in [5.41, 5.74) is 1.38. The van der Waals surface area contributed by atoms with Crippen LogP contribution in [0.25, 0.3) is 11.4 Å². The Kier molecular flexibility index (Phi) is 6.69. The predicted octanol–water partition coefficient (Wildman–Crippen LogP) is 2.20. The van der Waals surface area contributed by atoms with Gasteiger partial charge in [0.15, 0.2) is 0 Å². The second kappa shape index (κ2) is 8.75. The number of nitrogens with one attached hydrogen (secondary N) is 1. The van der Waals surface area contributed by atoms with E-state index in [4.69, 9.17) is 16.7 Å². The average Bonchev–Trinajstić information content (AvgIpc) is 3.03. The molecule has 0 bridgehead atoms. The van der Waals surface area contributed by atoms with Crippen LogP contribution in [0, 0.1) is 0 Å². The number of aromatic nitrogens is 4. The van der Waals surface area contributed by atoms with Crippen molar-refractivity contribution in [1.29, 1.82) is 0 Å². The maximum Gasteiger partial charge on any atom is 0.289 e. The SMILES string of the molecule is CO.Cn1cncc1-c1cc(Cl)nc(C(=O)NC2CCCCC2)n1. The number of halogens is 1. The summed E-state index contributed by atoms with van der Waals surface area (Å²) in [6, 6.07) is 1.85. The van der Waals surface area contributed by atoms with Crippen molar-refractivity contribution in [3.05, 3.63) is 29.6 Å². The molecule has 0 unspecified atom stereocenters. The Morgan fingerprint density at radius 2 is 2.00 bits per heavy atom. The third kappa shape index (κ3) is 4.52. The predicted molar refractivity (Wildman–Crippen MR) is 91.7 cm³/mol. The average molecular weight is 352 g/mol. The smallest absolute Gasteiger partial charge is 0.289 e. The number of hydrogen-bond acceptors (Lipinski definition) is 5. The number of rotatable bonds is 3. The van der Waals surface area contributed by atoms with E-state index in [0.717, 1.165) is 38.5 Å². The van der Waals surface area contributed by atoms with Crippen molar-refractivity contribution in [2.24, 2.45) is 7.05 Å². The largest absolute Gasteiger partial charge is 0.400 e. The van der Waals surface area contributed by atoms with Crippen LogP contribution in [0.1, 0.15) is 42.7 Å². The quantitative estimate of drug-likeness (QED) is 0.827. The van der Waals surface area contributed by atoms with Crippen LogP contribution in [-0.4, -0.2) is 43.7 Å². The van der Waals surface area contributed by atoms with Crippen LogP contribution in [0.5, 0.6) is 0 Å². The molecule has 2 heterocycles. The van der Waals surface area contributed by atoms with E-state index in [1.54, 1.807) is 18.6 Å². The van der Waals surface area contributed by atoms with Crippen molar-refractivity contribution in [2.75, 3.05) is 7.11 Å². The fourth-order valence-electron chi connectivity index (χ4n) is 2.75. The van der Waals surface area contributed by atoms with E-state index in [1.165, 1.54) is 6.42 Å². The van der Waals surface area contributed by atoms with E-state index in [0.29, 0.717) is 5.69 Å². The molecule has 1 aliphatic carbocycles. The number of aliphatic hydroxyl groups is 1. The van der Waals surface area contributed by atoms with E-state index < -0.39 is 0 Å². The van der Waals surface area contributed by atoms with E-state index in [9.17, 15) is 4.79 Å². The molecule has 3 rings (SSSR count). The third-order valence-electron chi connectivity index (χ3n) is 3.92. The number of nitrogens with zero attached hydrogens (tertiary/aromatic N) is 4. The third-order valence-corrected chi connectivity index (χ3v) is 4.11. The molecule has 0 aromatic carbocycles. The Labute approximate surface area is 146 Å². The minimum absolute atomic E-state index is 0.106. The number of aryl methyl sites for hydroxylation is 1. The maximum absolute atomic E-state index is 12.4. The normalized spacial score (nSPS) is 14.7. The van der Waals surface area contributed by atoms with Gasteiger partial charge in [0.2, 0.25) is 5.82 Å². The highest BCUT2D eigenvalue weighted by Crippen LogP contribution is 2.20.